The van der Waals surface area contributed by atoms with Crippen molar-refractivity contribution in [1.82, 2.24) is 10.2 Å². The molecule has 0 aromatic carbocycles. The van der Waals surface area contributed by atoms with E-state index in [0.29, 0.717) is 12.5 Å². The van der Waals surface area contributed by atoms with Crippen molar-refractivity contribution in [1.29, 1.82) is 0 Å². The predicted molar refractivity (Wildman–Crippen MR) is 47.0 cm³/mol. The van der Waals surface area contributed by atoms with Gasteiger partial charge in [0.1, 0.15) is 0 Å². The Labute approximate surface area is 77.3 Å². The lowest BCUT2D eigenvalue weighted by atomic mass is 10.0. The van der Waals surface area contributed by atoms with Gasteiger partial charge in [0.2, 0.25) is 0 Å². The van der Waals surface area contributed by atoms with Crippen molar-refractivity contribution >= 4 is 0 Å². The number of halogens is 2. The highest BCUT2D eigenvalue weighted by atomic mass is 19.3. The van der Waals surface area contributed by atoms with Gasteiger partial charge in [0.05, 0.1) is 6.54 Å². The van der Waals surface area contributed by atoms with Crippen LogP contribution in [0.2, 0.25) is 0 Å². The third kappa shape index (κ3) is 2.17. The van der Waals surface area contributed by atoms with E-state index in [1.165, 1.54) is 0 Å². The van der Waals surface area contributed by atoms with E-state index in [1.807, 2.05) is 4.90 Å². The van der Waals surface area contributed by atoms with Gasteiger partial charge < -0.3 is 5.32 Å². The maximum atomic E-state index is 13.0. The summed E-state index contributed by atoms with van der Waals surface area (Å²) in [4.78, 5) is 1.95. The van der Waals surface area contributed by atoms with Gasteiger partial charge in [-0.25, -0.2) is 8.78 Å². The van der Waals surface area contributed by atoms with Gasteiger partial charge in [-0.15, -0.1) is 0 Å². The second kappa shape index (κ2) is 3.50. The quantitative estimate of drug-likeness (QED) is 0.665. The molecule has 1 unspecified atom stereocenters. The molecule has 2 aliphatic rings. The van der Waals surface area contributed by atoms with Gasteiger partial charge >= 0.3 is 0 Å². The Morgan fingerprint density at radius 1 is 1.38 bits per heavy atom. The Hall–Kier alpha value is -0.220. The highest BCUT2D eigenvalue weighted by Crippen LogP contribution is 2.28. The first-order valence-electron chi connectivity index (χ1n) is 5.00. The molecule has 1 N–H and O–H groups in total. The average molecular weight is 190 g/mol. The molecule has 2 saturated heterocycles. The van der Waals surface area contributed by atoms with Crippen molar-refractivity contribution in [2.75, 3.05) is 26.2 Å². The SMILES string of the molecule is FC1(F)CCCN(C2CCNC2)C1. The van der Waals surface area contributed by atoms with Gasteiger partial charge in [0.15, 0.2) is 0 Å². The molecule has 0 spiro atoms. The molecule has 0 aromatic heterocycles. The van der Waals surface area contributed by atoms with Crippen LogP contribution in [0.4, 0.5) is 8.78 Å². The fourth-order valence-corrected chi connectivity index (χ4v) is 2.26. The van der Waals surface area contributed by atoms with Crippen LogP contribution in [0.5, 0.6) is 0 Å². The fraction of sp³-hybridized carbons (Fsp3) is 1.00. The molecule has 0 bridgehead atoms. The first-order chi connectivity index (χ1) is 6.17. The molecule has 4 heteroatoms. The number of nitrogens with one attached hydrogen (secondary N) is 1. The zero-order chi connectivity index (χ0) is 9.31. The van der Waals surface area contributed by atoms with E-state index in [0.717, 1.165) is 26.1 Å². The lowest BCUT2D eigenvalue weighted by Crippen LogP contribution is -2.48. The van der Waals surface area contributed by atoms with Gasteiger partial charge in [-0.05, 0) is 25.9 Å². The molecule has 2 heterocycles. The molecule has 2 aliphatic heterocycles. The number of hydrogen-bond acceptors (Lipinski definition) is 2. The van der Waals surface area contributed by atoms with E-state index >= 15 is 0 Å². The van der Waals surface area contributed by atoms with Crippen molar-refractivity contribution in [3.63, 3.8) is 0 Å². The number of hydrogen-bond donors (Lipinski definition) is 1. The molecular formula is C9H16F2N2. The maximum absolute atomic E-state index is 13.0. The summed E-state index contributed by atoms with van der Waals surface area (Å²) >= 11 is 0. The molecule has 0 amide bonds. The molecule has 1 atom stereocenters. The molecule has 76 valence electrons. The van der Waals surface area contributed by atoms with Crippen LogP contribution in [0.3, 0.4) is 0 Å². The number of rotatable bonds is 1. The largest absolute Gasteiger partial charge is 0.315 e. The zero-order valence-electron chi connectivity index (χ0n) is 7.73. The molecule has 13 heavy (non-hydrogen) atoms. The second-order valence-electron chi connectivity index (χ2n) is 4.08. The zero-order valence-corrected chi connectivity index (χ0v) is 7.73. The molecule has 0 radical (unpaired) electrons. The van der Waals surface area contributed by atoms with Crippen molar-refractivity contribution < 1.29 is 8.78 Å². The third-order valence-corrected chi connectivity index (χ3v) is 2.97. The summed E-state index contributed by atoms with van der Waals surface area (Å²) in [7, 11) is 0. The summed E-state index contributed by atoms with van der Waals surface area (Å²) in [6, 6.07) is 0.353. The number of likely N-dealkylation sites (tertiary alicyclic amines) is 1. The van der Waals surface area contributed by atoms with Crippen molar-refractivity contribution in [2.45, 2.75) is 31.2 Å². The first-order valence-corrected chi connectivity index (χ1v) is 5.00. The fourth-order valence-electron chi connectivity index (χ4n) is 2.26. The Morgan fingerprint density at radius 3 is 2.85 bits per heavy atom. The number of nitrogens with zero attached hydrogens (tertiary/aromatic N) is 1. The van der Waals surface area contributed by atoms with E-state index in [4.69, 9.17) is 0 Å². The summed E-state index contributed by atoms with van der Waals surface area (Å²) in [6.07, 6.45) is 1.74. The van der Waals surface area contributed by atoms with Crippen LogP contribution in [-0.2, 0) is 0 Å². The van der Waals surface area contributed by atoms with E-state index in [9.17, 15) is 8.78 Å². The van der Waals surface area contributed by atoms with Crippen LogP contribution in [0.1, 0.15) is 19.3 Å². The van der Waals surface area contributed by atoms with E-state index in [-0.39, 0.29) is 13.0 Å². The average Bonchev–Trinajstić information content (AvgIpc) is 2.53. The Bertz CT molecular complexity index is 178. The standard InChI is InChI=1S/C9H16F2N2/c10-9(11)3-1-5-13(7-9)8-2-4-12-6-8/h8,12H,1-7H2. The van der Waals surface area contributed by atoms with Gasteiger partial charge in [-0.2, -0.15) is 0 Å². The Morgan fingerprint density at radius 2 is 2.23 bits per heavy atom. The van der Waals surface area contributed by atoms with Crippen LogP contribution >= 0.6 is 0 Å². The second-order valence-corrected chi connectivity index (χ2v) is 4.08. The van der Waals surface area contributed by atoms with Crippen LogP contribution in [0.25, 0.3) is 0 Å². The molecule has 2 rings (SSSR count). The minimum atomic E-state index is -2.44. The molecular weight excluding hydrogens is 174 g/mol. The third-order valence-electron chi connectivity index (χ3n) is 2.97. The molecule has 2 fully saturated rings. The summed E-state index contributed by atoms with van der Waals surface area (Å²) in [5.41, 5.74) is 0. The molecule has 0 aromatic rings. The molecule has 0 aliphatic carbocycles. The van der Waals surface area contributed by atoms with E-state index in [1.54, 1.807) is 0 Å². The van der Waals surface area contributed by atoms with Crippen LogP contribution in [-0.4, -0.2) is 43.0 Å². The summed E-state index contributed by atoms with van der Waals surface area (Å²) < 4.78 is 26.1. The summed E-state index contributed by atoms with van der Waals surface area (Å²) in [5, 5.41) is 3.21. The van der Waals surface area contributed by atoms with E-state index < -0.39 is 5.92 Å². The first kappa shape index (κ1) is 9.34. The summed E-state index contributed by atoms with van der Waals surface area (Å²) in [6.45, 7) is 2.68. The molecule has 2 nitrogen and oxygen atoms in total. The minimum Gasteiger partial charge on any atom is -0.315 e. The highest BCUT2D eigenvalue weighted by molar-refractivity contribution is 4.87. The van der Waals surface area contributed by atoms with Gasteiger partial charge in [0.25, 0.3) is 5.92 Å². The Kier molecular flexibility index (Phi) is 2.51. The van der Waals surface area contributed by atoms with Gasteiger partial charge in [-0.1, -0.05) is 0 Å². The maximum Gasteiger partial charge on any atom is 0.260 e. The van der Waals surface area contributed by atoms with Crippen LogP contribution < -0.4 is 5.32 Å². The monoisotopic (exact) mass is 190 g/mol. The molecule has 0 saturated carbocycles. The van der Waals surface area contributed by atoms with Crippen LogP contribution in [0, 0.1) is 0 Å². The lowest BCUT2D eigenvalue weighted by Gasteiger charge is -2.36. The topological polar surface area (TPSA) is 15.3 Å². The van der Waals surface area contributed by atoms with Crippen LogP contribution in [0.15, 0.2) is 0 Å². The minimum absolute atomic E-state index is 0.0284. The number of alkyl halides is 2. The Balaban J connectivity index is 1.91. The normalized spacial score (nSPS) is 35.1. The van der Waals surface area contributed by atoms with Gasteiger partial charge in [-0.3, -0.25) is 4.90 Å². The number of piperidine rings is 1. The van der Waals surface area contributed by atoms with Crippen molar-refractivity contribution in [3.05, 3.63) is 0 Å². The predicted octanol–water partition coefficient (Wildman–Crippen LogP) is 1.08. The van der Waals surface area contributed by atoms with Crippen molar-refractivity contribution in [2.24, 2.45) is 0 Å². The smallest absolute Gasteiger partial charge is 0.260 e. The highest BCUT2D eigenvalue weighted by Gasteiger charge is 2.38. The summed E-state index contributed by atoms with van der Waals surface area (Å²) in [5.74, 6) is -2.44. The lowest BCUT2D eigenvalue weighted by molar-refractivity contribution is -0.0729. The van der Waals surface area contributed by atoms with Crippen molar-refractivity contribution in [3.8, 4) is 0 Å². The van der Waals surface area contributed by atoms with E-state index in [2.05, 4.69) is 5.32 Å². The van der Waals surface area contributed by atoms with Gasteiger partial charge in [0, 0.05) is 19.0 Å².